The minimum Gasteiger partial charge on any atom is -0.478 e. The maximum Gasteiger partial charge on any atom is 0.335 e. The van der Waals surface area contributed by atoms with E-state index in [0.29, 0.717) is 5.82 Å². The molecular weight excluding hydrogens is 242 g/mol. The maximum absolute atomic E-state index is 11.2. The summed E-state index contributed by atoms with van der Waals surface area (Å²) < 4.78 is 0. The first kappa shape index (κ1) is 15.4. The average molecular weight is 265 g/mol. The summed E-state index contributed by atoms with van der Waals surface area (Å²) in [5.41, 5.74) is 0.871. The highest BCUT2D eigenvalue weighted by molar-refractivity contribution is 5.88. The minimum atomic E-state index is -0.927. The summed E-state index contributed by atoms with van der Waals surface area (Å²) in [6.45, 7) is 7.65. The molecule has 2 N–H and O–H groups in total. The Morgan fingerprint density at radius 3 is 2.47 bits per heavy atom. The van der Waals surface area contributed by atoms with Gasteiger partial charge < -0.3 is 15.3 Å². The number of nitrogens with zero attached hydrogens (tertiary/aromatic N) is 2. The number of hydrogen-bond acceptors (Lipinski definition) is 4. The van der Waals surface area contributed by atoms with Crippen LogP contribution in [0.4, 0.5) is 5.82 Å². The molecular formula is C14H23N3O2. The molecule has 0 aliphatic rings. The largest absolute Gasteiger partial charge is 0.478 e. The first-order valence-electron chi connectivity index (χ1n) is 6.34. The predicted molar refractivity (Wildman–Crippen MR) is 76.9 cm³/mol. The summed E-state index contributed by atoms with van der Waals surface area (Å²) in [6.07, 6.45) is 0. The van der Waals surface area contributed by atoms with Gasteiger partial charge in [-0.25, -0.2) is 9.78 Å². The SMILES string of the molecule is CN(C)CCNc1cc(C(=O)O)cc(C(C)(C)C)n1. The summed E-state index contributed by atoms with van der Waals surface area (Å²) in [7, 11) is 3.98. The van der Waals surface area contributed by atoms with Gasteiger partial charge in [0, 0.05) is 24.2 Å². The topological polar surface area (TPSA) is 65.5 Å². The van der Waals surface area contributed by atoms with E-state index in [-0.39, 0.29) is 11.0 Å². The van der Waals surface area contributed by atoms with Gasteiger partial charge in [0.25, 0.3) is 0 Å². The second-order valence-corrected chi connectivity index (χ2v) is 5.91. The van der Waals surface area contributed by atoms with E-state index in [0.717, 1.165) is 18.8 Å². The highest BCUT2D eigenvalue weighted by Crippen LogP contribution is 2.23. The number of aromatic carboxylic acids is 1. The third kappa shape index (κ3) is 4.87. The van der Waals surface area contributed by atoms with Crippen LogP contribution >= 0.6 is 0 Å². The number of carbonyl (C=O) groups is 1. The first-order valence-corrected chi connectivity index (χ1v) is 6.34. The van der Waals surface area contributed by atoms with E-state index in [1.807, 2.05) is 34.9 Å². The van der Waals surface area contributed by atoms with Crippen LogP contribution in [0.25, 0.3) is 0 Å². The van der Waals surface area contributed by atoms with Crippen LogP contribution in [0, 0.1) is 0 Å². The Labute approximate surface area is 114 Å². The fourth-order valence-corrected chi connectivity index (χ4v) is 1.54. The Hall–Kier alpha value is -1.62. The molecule has 1 aromatic heterocycles. The van der Waals surface area contributed by atoms with E-state index in [9.17, 15) is 4.79 Å². The zero-order valence-electron chi connectivity index (χ0n) is 12.3. The number of rotatable bonds is 5. The molecule has 0 fully saturated rings. The zero-order valence-corrected chi connectivity index (χ0v) is 12.3. The van der Waals surface area contributed by atoms with Crippen molar-refractivity contribution >= 4 is 11.8 Å². The molecule has 0 spiro atoms. The van der Waals surface area contributed by atoms with Crippen LogP contribution in [-0.2, 0) is 5.41 Å². The highest BCUT2D eigenvalue weighted by Gasteiger charge is 2.19. The number of likely N-dealkylation sites (N-methyl/N-ethyl adjacent to an activating group) is 1. The lowest BCUT2D eigenvalue weighted by atomic mass is 9.91. The smallest absolute Gasteiger partial charge is 0.335 e. The number of carboxylic acid groups (broad SMARTS) is 1. The molecule has 1 heterocycles. The third-order valence-electron chi connectivity index (χ3n) is 2.71. The van der Waals surface area contributed by atoms with Crippen LogP contribution in [0.1, 0.15) is 36.8 Å². The fraction of sp³-hybridized carbons (Fsp3) is 0.571. The van der Waals surface area contributed by atoms with E-state index in [4.69, 9.17) is 5.11 Å². The Kier molecular flexibility index (Phi) is 4.89. The Morgan fingerprint density at radius 1 is 1.37 bits per heavy atom. The molecule has 0 radical (unpaired) electrons. The fourth-order valence-electron chi connectivity index (χ4n) is 1.54. The second kappa shape index (κ2) is 6.02. The van der Waals surface area contributed by atoms with Gasteiger partial charge in [0.1, 0.15) is 5.82 Å². The van der Waals surface area contributed by atoms with Gasteiger partial charge in [-0.05, 0) is 26.2 Å². The Bertz CT molecular complexity index is 450. The maximum atomic E-state index is 11.2. The Morgan fingerprint density at radius 2 is 2.00 bits per heavy atom. The zero-order chi connectivity index (χ0) is 14.6. The van der Waals surface area contributed by atoms with E-state index < -0.39 is 5.97 Å². The number of pyridine rings is 1. The molecule has 0 aromatic carbocycles. The van der Waals surface area contributed by atoms with Crippen molar-refractivity contribution in [1.82, 2.24) is 9.88 Å². The first-order chi connectivity index (χ1) is 8.70. The van der Waals surface area contributed by atoms with Crippen molar-refractivity contribution in [2.24, 2.45) is 0 Å². The third-order valence-corrected chi connectivity index (χ3v) is 2.71. The van der Waals surface area contributed by atoms with Crippen molar-refractivity contribution < 1.29 is 9.90 Å². The van der Waals surface area contributed by atoms with Gasteiger partial charge in [-0.15, -0.1) is 0 Å². The van der Waals surface area contributed by atoms with Gasteiger partial charge in [-0.2, -0.15) is 0 Å². The van der Waals surface area contributed by atoms with Crippen molar-refractivity contribution in [3.63, 3.8) is 0 Å². The van der Waals surface area contributed by atoms with Crippen LogP contribution < -0.4 is 5.32 Å². The lowest BCUT2D eigenvalue weighted by Gasteiger charge is -2.20. The second-order valence-electron chi connectivity index (χ2n) is 5.91. The summed E-state index contributed by atoms with van der Waals surface area (Å²) >= 11 is 0. The molecule has 0 atom stereocenters. The van der Waals surface area contributed by atoms with Crippen molar-refractivity contribution in [2.45, 2.75) is 26.2 Å². The summed E-state index contributed by atoms with van der Waals surface area (Å²) in [5, 5.41) is 12.3. The number of carboxylic acids is 1. The normalized spacial score (nSPS) is 11.7. The minimum absolute atomic E-state index is 0.177. The van der Waals surface area contributed by atoms with Gasteiger partial charge in [0.2, 0.25) is 0 Å². The number of nitrogens with one attached hydrogen (secondary N) is 1. The molecule has 19 heavy (non-hydrogen) atoms. The molecule has 0 saturated heterocycles. The molecule has 1 rings (SSSR count). The molecule has 0 saturated carbocycles. The van der Waals surface area contributed by atoms with Gasteiger partial charge in [0.05, 0.1) is 5.56 Å². The molecule has 0 unspecified atom stereocenters. The van der Waals surface area contributed by atoms with Crippen LogP contribution in [-0.4, -0.2) is 48.1 Å². The van der Waals surface area contributed by atoms with Crippen LogP contribution in [0.3, 0.4) is 0 Å². The number of anilines is 1. The Balaban J connectivity index is 2.97. The van der Waals surface area contributed by atoms with Crippen molar-refractivity contribution in [1.29, 1.82) is 0 Å². The quantitative estimate of drug-likeness (QED) is 0.853. The predicted octanol–water partition coefficient (Wildman–Crippen LogP) is 2.05. The van der Waals surface area contributed by atoms with Crippen molar-refractivity contribution in [2.75, 3.05) is 32.5 Å². The van der Waals surface area contributed by atoms with E-state index >= 15 is 0 Å². The van der Waals surface area contributed by atoms with Crippen LogP contribution in [0.2, 0.25) is 0 Å². The number of hydrogen-bond donors (Lipinski definition) is 2. The van der Waals surface area contributed by atoms with Crippen molar-refractivity contribution in [3.05, 3.63) is 23.4 Å². The molecule has 0 aliphatic heterocycles. The molecule has 106 valence electrons. The summed E-state index contributed by atoms with van der Waals surface area (Å²) in [5.74, 6) is -0.310. The molecule has 1 aromatic rings. The van der Waals surface area contributed by atoms with Crippen molar-refractivity contribution in [3.8, 4) is 0 Å². The van der Waals surface area contributed by atoms with Crippen LogP contribution in [0.5, 0.6) is 0 Å². The number of aromatic nitrogens is 1. The van der Waals surface area contributed by atoms with Gasteiger partial charge in [-0.1, -0.05) is 20.8 Å². The van der Waals surface area contributed by atoms with Gasteiger partial charge in [-0.3, -0.25) is 0 Å². The highest BCUT2D eigenvalue weighted by atomic mass is 16.4. The van der Waals surface area contributed by atoms with E-state index in [2.05, 4.69) is 15.2 Å². The summed E-state index contributed by atoms with van der Waals surface area (Å²) in [4.78, 5) is 17.7. The molecule has 5 heteroatoms. The van der Waals surface area contributed by atoms with E-state index in [1.165, 1.54) is 0 Å². The monoisotopic (exact) mass is 265 g/mol. The standard InChI is InChI=1S/C14H23N3O2/c1-14(2,3)11-8-10(13(18)19)9-12(16-11)15-6-7-17(4)5/h8-9H,6-7H2,1-5H3,(H,15,16)(H,18,19). The van der Waals surface area contributed by atoms with Crippen LogP contribution in [0.15, 0.2) is 12.1 Å². The molecule has 5 nitrogen and oxygen atoms in total. The summed E-state index contributed by atoms with van der Waals surface area (Å²) in [6, 6.07) is 3.21. The lowest BCUT2D eigenvalue weighted by Crippen LogP contribution is -2.22. The molecule has 0 amide bonds. The van der Waals surface area contributed by atoms with Gasteiger partial charge in [0.15, 0.2) is 0 Å². The van der Waals surface area contributed by atoms with Gasteiger partial charge >= 0.3 is 5.97 Å². The lowest BCUT2D eigenvalue weighted by molar-refractivity contribution is 0.0696. The molecule has 0 aliphatic carbocycles. The van der Waals surface area contributed by atoms with E-state index in [1.54, 1.807) is 12.1 Å². The molecule has 0 bridgehead atoms. The average Bonchev–Trinajstić information content (AvgIpc) is 2.26.